The molecule has 1 unspecified atom stereocenters. The van der Waals surface area contributed by atoms with Crippen LogP contribution in [0.3, 0.4) is 0 Å². The molecule has 0 saturated carbocycles. The number of nitrogens with one attached hydrogen (secondary N) is 1. The van der Waals surface area contributed by atoms with E-state index in [0.717, 1.165) is 24.6 Å². The molecule has 118 valence electrons. The van der Waals surface area contributed by atoms with Gasteiger partial charge in [0.2, 0.25) is 0 Å². The fraction of sp³-hybridized carbons (Fsp3) is 0.647. The lowest BCUT2D eigenvalue weighted by atomic mass is 10.0. The smallest absolute Gasteiger partial charge is 0.161 e. The summed E-state index contributed by atoms with van der Waals surface area (Å²) in [7, 11) is 4.30. The summed E-state index contributed by atoms with van der Waals surface area (Å²) in [5, 5.41) is 3.56. The van der Waals surface area contributed by atoms with Crippen molar-refractivity contribution in [3.63, 3.8) is 0 Å². The molecular formula is C17H28N2O2. The summed E-state index contributed by atoms with van der Waals surface area (Å²) in [6.07, 6.45) is 1.21. The van der Waals surface area contributed by atoms with Crippen LogP contribution >= 0.6 is 0 Å². The fourth-order valence-electron chi connectivity index (χ4n) is 2.60. The highest BCUT2D eigenvalue weighted by Gasteiger charge is 2.14. The number of hydrogen-bond donors (Lipinski definition) is 1. The summed E-state index contributed by atoms with van der Waals surface area (Å²) >= 11 is 0. The van der Waals surface area contributed by atoms with Crippen LogP contribution in [0.25, 0.3) is 0 Å². The minimum atomic E-state index is 0.571. The molecule has 0 radical (unpaired) electrons. The average Bonchev–Trinajstić information content (AvgIpc) is 2.45. The molecule has 2 rings (SSSR count). The van der Waals surface area contributed by atoms with E-state index in [2.05, 4.69) is 50.3 Å². The lowest BCUT2D eigenvalue weighted by Gasteiger charge is -2.26. The monoisotopic (exact) mass is 292 g/mol. The third-order valence-electron chi connectivity index (χ3n) is 3.79. The van der Waals surface area contributed by atoms with E-state index in [1.165, 1.54) is 12.0 Å². The summed E-state index contributed by atoms with van der Waals surface area (Å²) in [5.41, 5.74) is 1.24. The van der Waals surface area contributed by atoms with E-state index in [9.17, 15) is 0 Å². The molecule has 0 amide bonds. The summed E-state index contributed by atoms with van der Waals surface area (Å²) in [4.78, 5) is 2.30. The van der Waals surface area contributed by atoms with Crippen molar-refractivity contribution in [2.45, 2.75) is 32.9 Å². The third kappa shape index (κ3) is 4.90. The number of benzene rings is 1. The van der Waals surface area contributed by atoms with Gasteiger partial charge in [-0.15, -0.1) is 0 Å². The zero-order chi connectivity index (χ0) is 15.2. The summed E-state index contributed by atoms with van der Waals surface area (Å²) in [6, 6.07) is 6.76. The highest BCUT2D eigenvalue weighted by Crippen LogP contribution is 2.30. The first kappa shape index (κ1) is 16.1. The van der Waals surface area contributed by atoms with Crippen molar-refractivity contribution in [1.82, 2.24) is 10.2 Å². The molecule has 4 nitrogen and oxygen atoms in total. The van der Waals surface area contributed by atoms with Crippen molar-refractivity contribution in [3.05, 3.63) is 23.8 Å². The van der Waals surface area contributed by atoms with Gasteiger partial charge in [-0.1, -0.05) is 19.9 Å². The standard InChI is InChI=1S/C17H28N2O2/c1-13(2)9-15(19(3)4)12-18-11-14-5-6-16-17(10-14)21-8-7-20-16/h5-6,10,13,15,18H,7-9,11-12H2,1-4H3. The van der Waals surface area contributed by atoms with Gasteiger partial charge in [0, 0.05) is 19.1 Å². The fourth-order valence-corrected chi connectivity index (χ4v) is 2.60. The number of nitrogens with zero attached hydrogens (tertiary/aromatic N) is 1. The Morgan fingerprint density at radius 3 is 2.52 bits per heavy atom. The molecule has 1 N–H and O–H groups in total. The molecule has 1 aromatic rings. The van der Waals surface area contributed by atoms with Crippen LogP contribution in [-0.2, 0) is 6.54 Å². The zero-order valence-corrected chi connectivity index (χ0v) is 13.7. The number of likely N-dealkylation sites (N-methyl/N-ethyl adjacent to an activating group) is 1. The van der Waals surface area contributed by atoms with Gasteiger partial charge >= 0.3 is 0 Å². The molecule has 1 atom stereocenters. The van der Waals surface area contributed by atoms with Crippen LogP contribution in [0.5, 0.6) is 11.5 Å². The zero-order valence-electron chi connectivity index (χ0n) is 13.7. The van der Waals surface area contributed by atoms with E-state index < -0.39 is 0 Å². The van der Waals surface area contributed by atoms with Gasteiger partial charge in [0.05, 0.1) is 0 Å². The second-order valence-electron chi connectivity index (χ2n) is 6.36. The molecule has 1 aliphatic rings. The Balaban J connectivity index is 1.85. The summed E-state index contributed by atoms with van der Waals surface area (Å²) in [6.45, 7) is 7.69. The second-order valence-corrected chi connectivity index (χ2v) is 6.36. The van der Waals surface area contributed by atoms with Crippen LogP contribution in [0.4, 0.5) is 0 Å². The van der Waals surface area contributed by atoms with Gasteiger partial charge in [0.25, 0.3) is 0 Å². The van der Waals surface area contributed by atoms with E-state index in [4.69, 9.17) is 9.47 Å². The van der Waals surface area contributed by atoms with E-state index in [1.807, 2.05) is 6.07 Å². The maximum absolute atomic E-state index is 5.62. The molecule has 21 heavy (non-hydrogen) atoms. The summed E-state index contributed by atoms with van der Waals surface area (Å²) < 4.78 is 11.2. The molecule has 0 bridgehead atoms. The first-order valence-corrected chi connectivity index (χ1v) is 7.82. The van der Waals surface area contributed by atoms with Crippen molar-refractivity contribution in [3.8, 4) is 11.5 Å². The normalized spacial score (nSPS) is 15.5. The van der Waals surface area contributed by atoms with Crippen LogP contribution in [0.1, 0.15) is 25.8 Å². The van der Waals surface area contributed by atoms with Crippen molar-refractivity contribution >= 4 is 0 Å². The quantitative estimate of drug-likeness (QED) is 0.837. The number of ether oxygens (including phenoxy) is 2. The van der Waals surface area contributed by atoms with Crippen LogP contribution in [0.15, 0.2) is 18.2 Å². The van der Waals surface area contributed by atoms with Crippen LogP contribution in [0, 0.1) is 5.92 Å². The van der Waals surface area contributed by atoms with Crippen molar-refractivity contribution in [2.24, 2.45) is 5.92 Å². The largest absolute Gasteiger partial charge is 0.486 e. The molecule has 0 aromatic heterocycles. The molecule has 0 spiro atoms. The number of hydrogen-bond acceptors (Lipinski definition) is 4. The molecule has 0 aliphatic carbocycles. The van der Waals surface area contributed by atoms with Gasteiger partial charge in [-0.25, -0.2) is 0 Å². The van der Waals surface area contributed by atoms with Crippen molar-refractivity contribution in [2.75, 3.05) is 33.9 Å². The van der Waals surface area contributed by atoms with E-state index >= 15 is 0 Å². The minimum absolute atomic E-state index is 0.571. The Hall–Kier alpha value is -1.26. The van der Waals surface area contributed by atoms with E-state index in [0.29, 0.717) is 25.2 Å². The van der Waals surface area contributed by atoms with E-state index in [1.54, 1.807) is 0 Å². The van der Waals surface area contributed by atoms with Gasteiger partial charge in [-0.3, -0.25) is 0 Å². The topological polar surface area (TPSA) is 33.7 Å². The predicted octanol–water partition coefficient (Wildman–Crippen LogP) is 2.52. The third-order valence-corrected chi connectivity index (χ3v) is 3.79. The molecule has 1 aromatic carbocycles. The highest BCUT2D eigenvalue weighted by atomic mass is 16.6. The number of fused-ring (bicyclic) bond motifs is 1. The van der Waals surface area contributed by atoms with E-state index in [-0.39, 0.29) is 0 Å². The van der Waals surface area contributed by atoms with Crippen LogP contribution in [0.2, 0.25) is 0 Å². The maximum atomic E-state index is 5.62. The Morgan fingerprint density at radius 2 is 1.86 bits per heavy atom. The van der Waals surface area contributed by atoms with Gasteiger partial charge < -0.3 is 19.7 Å². The van der Waals surface area contributed by atoms with Crippen LogP contribution < -0.4 is 14.8 Å². The molecular weight excluding hydrogens is 264 g/mol. The molecule has 4 heteroatoms. The van der Waals surface area contributed by atoms with Crippen molar-refractivity contribution in [1.29, 1.82) is 0 Å². The molecule has 1 heterocycles. The second kappa shape index (κ2) is 7.66. The van der Waals surface area contributed by atoms with Gasteiger partial charge in [-0.2, -0.15) is 0 Å². The first-order valence-electron chi connectivity index (χ1n) is 7.82. The maximum Gasteiger partial charge on any atom is 0.161 e. The average molecular weight is 292 g/mol. The Labute approximate surface area is 128 Å². The SMILES string of the molecule is CC(C)CC(CNCc1ccc2c(c1)OCCO2)N(C)C. The van der Waals surface area contributed by atoms with Gasteiger partial charge in [-0.05, 0) is 44.1 Å². The Bertz CT molecular complexity index is 446. The Kier molecular flexibility index (Phi) is 5.88. The molecule has 0 saturated heterocycles. The Morgan fingerprint density at radius 1 is 1.14 bits per heavy atom. The van der Waals surface area contributed by atoms with Crippen molar-refractivity contribution < 1.29 is 9.47 Å². The van der Waals surface area contributed by atoms with Crippen LogP contribution in [-0.4, -0.2) is 44.8 Å². The predicted molar refractivity (Wildman–Crippen MR) is 86.1 cm³/mol. The lowest BCUT2D eigenvalue weighted by molar-refractivity contribution is 0.171. The first-order chi connectivity index (χ1) is 10.1. The highest BCUT2D eigenvalue weighted by molar-refractivity contribution is 5.43. The summed E-state index contributed by atoms with van der Waals surface area (Å²) in [5.74, 6) is 2.44. The van der Waals surface area contributed by atoms with Gasteiger partial charge in [0.1, 0.15) is 13.2 Å². The molecule has 1 aliphatic heterocycles. The minimum Gasteiger partial charge on any atom is -0.486 e. The molecule has 0 fully saturated rings. The van der Waals surface area contributed by atoms with Gasteiger partial charge in [0.15, 0.2) is 11.5 Å². The lowest BCUT2D eigenvalue weighted by Crippen LogP contribution is -2.38. The number of rotatable bonds is 7.